The quantitative estimate of drug-likeness (QED) is 0.701. The molecule has 0 saturated carbocycles. The number of pyridine rings is 1. The molecule has 10 heteroatoms. The second kappa shape index (κ2) is 6.86. The van der Waals surface area contributed by atoms with Gasteiger partial charge in [-0.1, -0.05) is 23.3 Å². The fourth-order valence-corrected chi connectivity index (χ4v) is 2.99. The third kappa shape index (κ3) is 3.55. The van der Waals surface area contributed by atoms with Crippen molar-refractivity contribution in [2.45, 2.75) is 6.18 Å². The highest BCUT2D eigenvalue weighted by atomic mass is 19.4. The molecule has 2 aromatic heterocycles. The van der Waals surface area contributed by atoms with Crippen molar-refractivity contribution in [3.8, 4) is 5.69 Å². The van der Waals surface area contributed by atoms with Crippen molar-refractivity contribution in [1.29, 1.82) is 0 Å². The first kappa shape index (κ1) is 17.3. The number of alkyl halides is 3. The Morgan fingerprint density at radius 2 is 1.56 bits per heavy atom. The van der Waals surface area contributed by atoms with Gasteiger partial charge in [0.15, 0.2) is 0 Å². The van der Waals surface area contributed by atoms with E-state index in [2.05, 4.69) is 20.5 Å². The summed E-state index contributed by atoms with van der Waals surface area (Å²) in [4.78, 5) is 7.96. The largest absolute Gasteiger partial charge is 0.417 e. The van der Waals surface area contributed by atoms with E-state index in [1.165, 1.54) is 6.07 Å². The van der Waals surface area contributed by atoms with E-state index in [4.69, 9.17) is 0 Å². The number of anilines is 2. The van der Waals surface area contributed by atoms with Gasteiger partial charge in [0.05, 0.1) is 11.3 Å². The molecule has 140 valence electrons. The summed E-state index contributed by atoms with van der Waals surface area (Å²) in [5.74, 6) is 1.17. The molecular weight excluding hydrogens is 359 g/mol. The molecule has 0 N–H and O–H groups in total. The first-order chi connectivity index (χ1) is 13.0. The Hall–Kier alpha value is -3.17. The highest BCUT2D eigenvalue weighted by molar-refractivity contribution is 5.45. The number of piperazine rings is 1. The van der Waals surface area contributed by atoms with Crippen LogP contribution in [0.2, 0.25) is 0 Å². The zero-order valence-corrected chi connectivity index (χ0v) is 14.2. The van der Waals surface area contributed by atoms with E-state index in [-0.39, 0.29) is 0 Å². The van der Waals surface area contributed by atoms with Crippen LogP contribution >= 0.6 is 0 Å². The van der Waals surface area contributed by atoms with Gasteiger partial charge in [-0.15, -0.1) is 0 Å². The molecule has 1 fully saturated rings. The molecule has 3 aromatic rings. The van der Waals surface area contributed by atoms with Gasteiger partial charge in [-0.25, -0.2) is 4.98 Å². The second-order valence-electron chi connectivity index (χ2n) is 6.10. The Labute approximate surface area is 153 Å². The molecule has 0 atom stereocenters. The van der Waals surface area contributed by atoms with Crippen LogP contribution in [-0.4, -0.2) is 51.4 Å². The molecule has 1 aliphatic rings. The van der Waals surface area contributed by atoms with Crippen LogP contribution in [0.1, 0.15) is 5.56 Å². The monoisotopic (exact) mass is 375 g/mol. The molecule has 1 aromatic carbocycles. The average Bonchev–Trinajstić information content (AvgIpc) is 3.18. The lowest BCUT2D eigenvalue weighted by molar-refractivity contribution is -0.137. The van der Waals surface area contributed by atoms with E-state index in [9.17, 15) is 13.2 Å². The van der Waals surface area contributed by atoms with Gasteiger partial charge in [-0.05, 0) is 34.7 Å². The number of hydrogen-bond acceptors (Lipinski definition) is 6. The predicted molar refractivity (Wildman–Crippen MR) is 92.8 cm³/mol. The molecular formula is C17H16F3N7. The Morgan fingerprint density at radius 1 is 0.852 bits per heavy atom. The summed E-state index contributed by atoms with van der Waals surface area (Å²) in [6, 6.07) is 12.1. The predicted octanol–water partition coefficient (Wildman–Crippen LogP) is 2.40. The van der Waals surface area contributed by atoms with Crippen molar-refractivity contribution >= 4 is 11.8 Å². The van der Waals surface area contributed by atoms with Crippen molar-refractivity contribution in [1.82, 2.24) is 25.2 Å². The van der Waals surface area contributed by atoms with Crippen molar-refractivity contribution in [3.05, 3.63) is 54.2 Å². The third-order valence-corrected chi connectivity index (χ3v) is 4.42. The van der Waals surface area contributed by atoms with Crippen LogP contribution in [0.15, 0.2) is 48.7 Å². The topological polar surface area (TPSA) is 63.0 Å². The molecule has 0 aliphatic carbocycles. The summed E-state index contributed by atoms with van der Waals surface area (Å²) in [5, 5.41) is 11.9. The number of para-hydroxylation sites is 1. The zero-order valence-electron chi connectivity index (χ0n) is 14.2. The van der Waals surface area contributed by atoms with Gasteiger partial charge >= 0.3 is 6.18 Å². The Kier molecular flexibility index (Phi) is 4.38. The number of aromatic nitrogens is 5. The molecule has 0 spiro atoms. The maximum Gasteiger partial charge on any atom is 0.417 e. The molecule has 27 heavy (non-hydrogen) atoms. The number of halogens is 3. The van der Waals surface area contributed by atoms with Crippen LogP contribution in [-0.2, 0) is 6.18 Å². The molecule has 7 nitrogen and oxygen atoms in total. The van der Waals surface area contributed by atoms with Crippen molar-refractivity contribution in [2.75, 3.05) is 36.0 Å². The van der Waals surface area contributed by atoms with Gasteiger partial charge in [0, 0.05) is 32.4 Å². The normalized spacial score (nSPS) is 15.2. The lowest BCUT2D eigenvalue weighted by Crippen LogP contribution is -2.47. The standard InChI is InChI=1S/C17H16F3N7/c18-17(19,20)13-6-7-15(21-12-13)25-8-10-26(11-9-25)16-22-23-24-27(16)14-4-2-1-3-5-14/h1-7,12H,8-11H2. The Balaban J connectivity index is 1.45. The number of rotatable bonds is 3. The van der Waals surface area contributed by atoms with E-state index in [1.807, 2.05) is 40.1 Å². The minimum atomic E-state index is -4.38. The van der Waals surface area contributed by atoms with Crippen LogP contribution in [0.5, 0.6) is 0 Å². The van der Waals surface area contributed by atoms with Gasteiger partial charge in [0.2, 0.25) is 5.95 Å². The smallest absolute Gasteiger partial charge is 0.353 e. The summed E-state index contributed by atoms with van der Waals surface area (Å²) in [6.45, 7) is 2.49. The van der Waals surface area contributed by atoms with Crippen LogP contribution in [0.3, 0.4) is 0 Å². The maximum absolute atomic E-state index is 12.7. The molecule has 4 rings (SSSR count). The van der Waals surface area contributed by atoms with E-state index in [0.717, 1.165) is 18.0 Å². The number of benzene rings is 1. The summed E-state index contributed by atoms with van der Waals surface area (Å²) < 4.78 is 39.7. The highest BCUT2D eigenvalue weighted by Crippen LogP contribution is 2.29. The summed E-state index contributed by atoms with van der Waals surface area (Å²) in [6.07, 6.45) is -3.50. The maximum atomic E-state index is 12.7. The molecule has 0 radical (unpaired) electrons. The average molecular weight is 375 g/mol. The number of hydrogen-bond donors (Lipinski definition) is 0. The third-order valence-electron chi connectivity index (χ3n) is 4.42. The van der Waals surface area contributed by atoms with Crippen LogP contribution in [0, 0.1) is 0 Å². The minimum Gasteiger partial charge on any atom is -0.353 e. The van der Waals surface area contributed by atoms with Crippen molar-refractivity contribution in [2.24, 2.45) is 0 Å². The summed E-state index contributed by atoms with van der Waals surface area (Å²) in [5.41, 5.74) is 0.122. The number of nitrogens with zero attached hydrogens (tertiary/aromatic N) is 7. The molecule has 1 saturated heterocycles. The van der Waals surface area contributed by atoms with Crippen LogP contribution in [0.25, 0.3) is 5.69 Å². The van der Waals surface area contributed by atoms with Gasteiger partial charge in [-0.2, -0.15) is 17.9 Å². The van der Waals surface area contributed by atoms with Gasteiger partial charge < -0.3 is 9.80 Å². The summed E-state index contributed by atoms with van der Waals surface area (Å²) >= 11 is 0. The lowest BCUT2D eigenvalue weighted by Gasteiger charge is -2.35. The van der Waals surface area contributed by atoms with Crippen LogP contribution < -0.4 is 9.80 Å². The molecule has 0 bridgehead atoms. The van der Waals surface area contributed by atoms with Gasteiger partial charge in [0.1, 0.15) is 5.82 Å². The Bertz CT molecular complexity index is 885. The second-order valence-corrected chi connectivity index (χ2v) is 6.10. The van der Waals surface area contributed by atoms with Crippen molar-refractivity contribution < 1.29 is 13.2 Å². The first-order valence-electron chi connectivity index (χ1n) is 8.39. The molecule has 1 aliphatic heterocycles. The van der Waals surface area contributed by atoms with E-state index < -0.39 is 11.7 Å². The molecule has 0 unspecified atom stereocenters. The van der Waals surface area contributed by atoms with Crippen molar-refractivity contribution in [3.63, 3.8) is 0 Å². The Morgan fingerprint density at radius 3 is 2.19 bits per heavy atom. The van der Waals surface area contributed by atoms with E-state index in [0.29, 0.717) is 37.9 Å². The fraction of sp³-hybridized carbons (Fsp3) is 0.294. The van der Waals surface area contributed by atoms with E-state index in [1.54, 1.807) is 4.68 Å². The number of tetrazole rings is 1. The molecule has 0 amide bonds. The lowest BCUT2D eigenvalue weighted by atomic mass is 10.2. The molecule has 3 heterocycles. The zero-order chi connectivity index (χ0) is 18.9. The van der Waals surface area contributed by atoms with Crippen LogP contribution in [0.4, 0.5) is 24.9 Å². The van der Waals surface area contributed by atoms with Gasteiger partial charge in [0.25, 0.3) is 0 Å². The van der Waals surface area contributed by atoms with E-state index >= 15 is 0 Å². The minimum absolute atomic E-state index is 0.533. The SMILES string of the molecule is FC(F)(F)c1ccc(N2CCN(c3nnnn3-c3ccccc3)CC2)nc1. The fourth-order valence-electron chi connectivity index (χ4n) is 2.99. The van der Waals surface area contributed by atoms with Gasteiger partial charge in [-0.3, -0.25) is 0 Å². The highest BCUT2D eigenvalue weighted by Gasteiger charge is 2.31. The summed E-state index contributed by atoms with van der Waals surface area (Å²) in [7, 11) is 0. The first-order valence-corrected chi connectivity index (χ1v) is 8.39.